The number of carbonyl (C=O) groups is 1. The molecule has 10 heteroatoms. The molecule has 6 nitrogen and oxygen atoms in total. The minimum absolute atomic E-state index is 0.0447. The Labute approximate surface area is 196 Å². The molecular formula is C24H26F3N3O3S. The fourth-order valence-corrected chi connectivity index (χ4v) is 6.10. The van der Waals surface area contributed by atoms with Gasteiger partial charge >= 0.3 is 6.03 Å². The summed E-state index contributed by atoms with van der Waals surface area (Å²) < 4.78 is 70.2. The molecule has 2 heterocycles. The molecule has 1 aliphatic carbocycles. The van der Waals surface area contributed by atoms with Crippen molar-refractivity contribution in [1.82, 2.24) is 14.5 Å². The van der Waals surface area contributed by atoms with E-state index in [0.29, 0.717) is 19.6 Å². The largest absolute Gasteiger partial charge is 0.325 e. The Morgan fingerprint density at radius 3 is 2.35 bits per heavy atom. The Bertz CT molecular complexity index is 1230. The molecule has 5 rings (SSSR count). The number of hydrogen-bond donors (Lipinski definition) is 1. The highest BCUT2D eigenvalue weighted by Crippen LogP contribution is 2.55. The quantitative estimate of drug-likeness (QED) is 0.693. The lowest BCUT2D eigenvalue weighted by molar-refractivity contribution is 0.120. The van der Waals surface area contributed by atoms with Crippen molar-refractivity contribution < 1.29 is 26.4 Å². The Balaban J connectivity index is 1.51. The van der Waals surface area contributed by atoms with Gasteiger partial charge in [-0.25, -0.2) is 31.1 Å². The number of amides is 2. The molecule has 1 spiro atoms. The average molecular weight is 494 g/mol. The molecule has 182 valence electrons. The normalized spacial score (nSPS) is 23.3. The molecule has 0 bridgehead atoms. The van der Waals surface area contributed by atoms with Crippen molar-refractivity contribution in [3.8, 4) is 11.1 Å². The molecule has 2 saturated heterocycles. The first-order chi connectivity index (χ1) is 16.1. The second-order valence-electron chi connectivity index (χ2n) is 9.69. The third-order valence-corrected chi connectivity index (χ3v) is 7.90. The van der Waals surface area contributed by atoms with Crippen molar-refractivity contribution in [2.75, 3.05) is 25.9 Å². The van der Waals surface area contributed by atoms with Gasteiger partial charge in [-0.3, -0.25) is 0 Å². The number of halogens is 3. The van der Waals surface area contributed by atoms with Crippen LogP contribution in [0.1, 0.15) is 24.8 Å². The number of urea groups is 1. The third kappa shape index (κ3) is 4.29. The summed E-state index contributed by atoms with van der Waals surface area (Å²) in [6.07, 6.45) is 3.64. The first kappa shape index (κ1) is 23.2. The highest BCUT2D eigenvalue weighted by molar-refractivity contribution is 7.88. The maximum absolute atomic E-state index is 15.6. The Hall–Kier alpha value is -2.59. The van der Waals surface area contributed by atoms with E-state index in [1.807, 2.05) is 0 Å². The molecule has 0 radical (unpaired) electrons. The molecule has 2 atom stereocenters. The monoisotopic (exact) mass is 493 g/mol. The van der Waals surface area contributed by atoms with Crippen LogP contribution in [-0.2, 0) is 16.4 Å². The van der Waals surface area contributed by atoms with Crippen LogP contribution in [0.5, 0.6) is 0 Å². The van der Waals surface area contributed by atoms with Crippen LogP contribution in [-0.4, -0.2) is 62.2 Å². The predicted octanol–water partition coefficient (Wildman–Crippen LogP) is 3.52. The van der Waals surface area contributed by atoms with Gasteiger partial charge in [0.15, 0.2) is 0 Å². The highest BCUT2D eigenvalue weighted by Gasteiger charge is 2.61. The van der Waals surface area contributed by atoms with Crippen LogP contribution >= 0.6 is 0 Å². The smallest absolute Gasteiger partial charge is 0.320 e. The molecule has 3 fully saturated rings. The second-order valence-corrected chi connectivity index (χ2v) is 11.5. The number of benzene rings is 2. The zero-order chi connectivity index (χ0) is 24.3. The van der Waals surface area contributed by atoms with Crippen LogP contribution in [0.25, 0.3) is 11.1 Å². The van der Waals surface area contributed by atoms with E-state index in [0.717, 1.165) is 43.7 Å². The molecule has 3 aliphatic rings. The van der Waals surface area contributed by atoms with Gasteiger partial charge in [0.1, 0.15) is 17.5 Å². The second kappa shape index (κ2) is 8.27. The maximum atomic E-state index is 15.6. The zero-order valence-electron chi connectivity index (χ0n) is 18.7. The molecule has 34 heavy (non-hydrogen) atoms. The Morgan fingerprint density at radius 1 is 1.12 bits per heavy atom. The fraction of sp³-hybridized carbons (Fsp3) is 0.458. The fourth-order valence-electron chi connectivity index (χ4n) is 5.23. The van der Waals surface area contributed by atoms with Gasteiger partial charge in [0.25, 0.3) is 0 Å². The van der Waals surface area contributed by atoms with Gasteiger partial charge in [0, 0.05) is 42.7 Å². The summed E-state index contributed by atoms with van der Waals surface area (Å²) in [6.45, 7) is 1.71. The summed E-state index contributed by atoms with van der Waals surface area (Å²) >= 11 is 0. The van der Waals surface area contributed by atoms with E-state index in [-0.39, 0.29) is 34.6 Å². The van der Waals surface area contributed by atoms with Gasteiger partial charge in [-0.15, -0.1) is 0 Å². The summed E-state index contributed by atoms with van der Waals surface area (Å²) in [5.74, 6) is -2.26. The van der Waals surface area contributed by atoms with Crippen LogP contribution in [0.3, 0.4) is 0 Å². The van der Waals surface area contributed by atoms with Gasteiger partial charge in [-0.1, -0.05) is 18.2 Å². The summed E-state index contributed by atoms with van der Waals surface area (Å²) in [5.41, 5.74) is 0.0183. The summed E-state index contributed by atoms with van der Waals surface area (Å²) in [7, 11) is -3.57. The Morgan fingerprint density at radius 2 is 1.79 bits per heavy atom. The lowest BCUT2D eigenvalue weighted by atomic mass is 9.91. The van der Waals surface area contributed by atoms with Gasteiger partial charge < -0.3 is 9.80 Å². The highest BCUT2D eigenvalue weighted by atomic mass is 32.2. The molecule has 2 amide bonds. The summed E-state index contributed by atoms with van der Waals surface area (Å²) in [6, 6.07) is 6.17. The Kier molecular flexibility index (Phi) is 5.63. The van der Waals surface area contributed by atoms with Crippen LogP contribution in [0.2, 0.25) is 0 Å². The molecule has 2 aromatic rings. The van der Waals surface area contributed by atoms with Crippen molar-refractivity contribution in [1.29, 1.82) is 0 Å². The number of rotatable bonds is 5. The summed E-state index contributed by atoms with van der Waals surface area (Å²) in [5, 5.41) is 0. The van der Waals surface area contributed by atoms with E-state index in [9.17, 15) is 22.0 Å². The topological polar surface area (TPSA) is 69.7 Å². The number of nitrogens with one attached hydrogen (secondary N) is 1. The van der Waals surface area contributed by atoms with Gasteiger partial charge in [-0.05, 0) is 48.9 Å². The molecule has 1 N–H and O–H groups in total. The van der Waals surface area contributed by atoms with E-state index in [1.54, 1.807) is 21.9 Å². The SMILES string of the molecule is CS(=O)(=O)N[C@H]1[C@@H](Cc2cccc(-c3cc(F)cc(F)c3)c2F)N(C(=O)N2CCC2)CC12CC2. The number of carbonyl (C=O) groups excluding carboxylic acids is 1. The molecule has 1 saturated carbocycles. The molecular weight excluding hydrogens is 467 g/mol. The van der Waals surface area contributed by atoms with E-state index in [4.69, 9.17) is 0 Å². The molecule has 0 unspecified atom stereocenters. The van der Waals surface area contributed by atoms with Crippen molar-refractivity contribution in [2.45, 2.75) is 37.8 Å². The minimum atomic E-state index is -3.57. The predicted molar refractivity (Wildman–Crippen MR) is 121 cm³/mol. The lowest BCUT2D eigenvalue weighted by Gasteiger charge is -2.37. The van der Waals surface area contributed by atoms with Crippen molar-refractivity contribution >= 4 is 16.1 Å². The first-order valence-corrected chi connectivity index (χ1v) is 13.2. The standard InChI is InChI=1S/C24H26F3N3O3S/c1-34(32,33)28-22-20(30(14-24(22)6-7-24)23(31)29-8-3-9-29)12-15-4-2-5-19(21(15)27)16-10-17(25)13-18(26)11-16/h2,4-5,10-11,13,20,22,28H,3,6-9,12,14H2,1H3/t20-,22+/m1/s1. The van der Waals surface area contributed by atoms with E-state index < -0.39 is 39.6 Å². The van der Waals surface area contributed by atoms with Crippen LogP contribution < -0.4 is 4.72 Å². The van der Waals surface area contributed by atoms with Crippen molar-refractivity contribution in [3.63, 3.8) is 0 Å². The number of nitrogens with zero attached hydrogens (tertiary/aromatic N) is 2. The average Bonchev–Trinajstić information content (AvgIpc) is 3.42. The van der Waals surface area contributed by atoms with Gasteiger partial charge in [-0.2, -0.15) is 0 Å². The number of likely N-dealkylation sites (tertiary alicyclic amines) is 2. The van der Waals surface area contributed by atoms with Crippen molar-refractivity contribution in [3.05, 3.63) is 59.4 Å². The maximum Gasteiger partial charge on any atom is 0.320 e. The van der Waals surface area contributed by atoms with Crippen LogP contribution in [0.4, 0.5) is 18.0 Å². The molecule has 2 aromatic carbocycles. The van der Waals surface area contributed by atoms with Gasteiger partial charge in [0.05, 0.1) is 12.3 Å². The van der Waals surface area contributed by atoms with E-state index in [1.165, 1.54) is 6.07 Å². The minimum Gasteiger partial charge on any atom is -0.325 e. The van der Waals surface area contributed by atoms with E-state index in [2.05, 4.69) is 4.72 Å². The van der Waals surface area contributed by atoms with Crippen molar-refractivity contribution in [2.24, 2.45) is 5.41 Å². The van der Waals surface area contributed by atoms with Crippen LogP contribution in [0, 0.1) is 22.9 Å². The van der Waals surface area contributed by atoms with Gasteiger partial charge in [0.2, 0.25) is 10.0 Å². The number of hydrogen-bond acceptors (Lipinski definition) is 3. The molecule has 2 aliphatic heterocycles. The summed E-state index contributed by atoms with van der Waals surface area (Å²) in [4.78, 5) is 16.6. The number of sulfonamides is 1. The lowest BCUT2D eigenvalue weighted by Crippen LogP contribution is -2.54. The van der Waals surface area contributed by atoms with E-state index >= 15 is 4.39 Å². The zero-order valence-corrected chi connectivity index (χ0v) is 19.5. The third-order valence-electron chi connectivity index (χ3n) is 7.22. The molecule has 0 aromatic heterocycles. The first-order valence-electron chi connectivity index (χ1n) is 11.3. The van der Waals surface area contributed by atoms with Crippen LogP contribution in [0.15, 0.2) is 36.4 Å².